The Labute approximate surface area is 136 Å². The molecule has 2 rings (SSSR count). The van der Waals surface area contributed by atoms with Gasteiger partial charge in [-0.15, -0.1) is 0 Å². The molecule has 0 saturated carbocycles. The maximum Gasteiger partial charge on any atom is 0.416 e. The third kappa shape index (κ3) is 5.19. The van der Waals surface area contributed by atoms with Crippen molar-refractivity contribution >= 4 is 5.97 Å². The van der Waals surface area contributed by atoms with E-state index < -0.39 is 23.8 Å². The molecule has 0 amide bonds. The molecule has 7 heteroatoms. The lowest BCUT2D eigenvalue weighted by atomic mass is 10.2. The predicted molar refractivity (Wildman–Crippen MR) is 80.3 cm³/mol. The Morgan fingerprint density at radius 3 is 1.92 bits per heavy atom. The Balaban J connectivity index is 1.97. The number of halogens is 3. The van der Waals surface area contributed by atoms with Gasteiger partial charge >= 0.3 is 12.1 Å². The molecule has 0 aliphatic rings. The minimum Gasteiger partial charge on any atom is -0.490 e. The molecule has 2 aromatic carbocycles. The van der Waals surface area contributed by atoms with Crippen molar-refractivity contribution in [2.75, 3.05) is 0 Å². The van der Waals surface area contributed by atoms with Crippen molar-refractivity contribution in [2.24, 2.45) is 0 Å². The van der Waals surface area contributed by atoms with Crippen LogP contribution in [0.1, 0.15) is 18.9 Å². The van der Waals surface area contributed by atoms with Crippen molar-refractivity contribution in [1.29, 1.82) is 0 Å². The predicted octanol–water partition coefficient (Wildman–Crippen LogP) is 4.74. The van der Waals surface area contributed by atoms with E-state index in [0.29, 0.717) is 11.5 Å². The van der Waals surface area contributed by atoms with Crippen molar-refractivity contribution < 1.29 is 32.5 Å². The summed E-state index contributed by atoms with van der Waals surface area (Å²) in [5.74, 6) is 0.220. The van der Waals surface area contributed by atoms with Crippen molar-refractivity contribution in [2.45, 2.75) is 25.6 Å². The first kappa shape index (κ1) is 17.7. The fourth-order valence-corrected chi connectivity index (χ4v) is 1.95. The molecule has 0 radical (unpaired) electrons. The number of rotatable bonds is 6. The molecule has 0 saturated heterocycles. The number of hydrogen-bond acceptors (Lipinski definition) is 3. The highest BCUT2D eigenvalue weighted by molar-refractivity contribution is 5.67. The van der Waals surface area contributed by atoms with Crippen LogP contribution in [-0.2, 0) is 11.0 Å². The van der Waals surface area contributed by atoms with Crippen LogP contribution in [-0.4, -0.2) is 17.2 Å². The van der Waals surface area contributed by atoms with Crippen LogP contribution in [0.5, 0.6) is 17.2 Å². The van der Waals surface area contributed by atoms with Gasteiger partial charge in [0.05, 0.1) is 12.0 Å². The minimum atomic E-state index is -4.38. The summed E-state index contributed by atoms with van der Waals surface area (Å²) in [6.07, 6.45) is -4.99. The first-order valence-electron chi connectivity index (χ1n) is 7.07. The molecule has 0 heterocycles. The summed E-state index contributed by atoms with van der Waals surface area (Å²) < 4.78 is 48.3. The Bertz CT molecular complexity index is 678. The summed E-state index contributed by atoms with van der Waals surface area (Å²) in [5.41, 5.74) is -0.744. The molecule has 4 nitrogen and oxygen atoms in total. The average molecular weight is 340 g/mol. The maximum absolute atomic E-state index is 12.5. The highest BCUT2D eigenvalue weighted by atomic mass is 19.4. The highest BCUT2D eigenvalue weighted by Crippen LogP contribution is 2.31. The van der Waals surface area contributed by atoms with Crippen LogP contribution < -0.4 is 9.47 Å². The van der Waals surface area contributed by atoms with Crippen molar-refractivity contribution in [3.63, 3.8) is 0 Å². The lowest BCUT2D eigenvalue weighted by Crippen LogP contribution is -2.16. The number of ether oxygens (including phenoxy) is 2. The summed E-state index contributed by atoms with van der Waals surface area (Å²) in [7, 11) is 0. The second kappa shape index (κ2) is 7.25. The topological polar surface area (TPSA) is 55.8 Å². The number of carboxylic acid groups (broad SMARTS) is 1. The quantitative estimate of drug-likeness (QED) is 0.825. The third-order valence-electron chi connectivity index (χ3n) is 3.04. The van der Waals surface area contributed by atoms with E-state index in [4.69, 9.17) is 14.6 Å². The smallest absolute Gasteiger partial charge is 0.416 e. The third-order valence-corrected chi connectivity index (χ3v) is 3.04. The first-order valence-corrected chi connectivity index (χ1v) is 7.07. The molecule has 0 aliphatic carbocycles. The monoisotopic (exact) mass is 340 g/mol. The van der Waals surface area contributed by atoms with Crippen LogP contribution >= 0.6 is 0 Å². The van der Waals surface area contributed by atoms with Gasteiger partial charge in [-0.1, -0.05) is 0 Å². The van der Waals surface area contributed by atoms with Crippen molar-refractivity contribution in [3.8, 4) is 17.2 Å². The van der Waals surface area contributed by atoms with Gasteiger partial charge in [0.25, 0.3) is 0 Å². The molecule has 1 unspecified atom stereocenters. The molecule has 1 N–H and O–H groups in total. The van der Waals surface area contributed by atoms with Gasteiger partial charge in [-0.25, -0.2) is 0 Å². The van der Waals surface area contributed by atoms with Gasteiger partial charge in [0.1, 0.15) is 23.4 Å². The van der Waals surface area contributed by atoms with Crippen LogP contribution in [0.3, 0.4) is 0 Å². The molecule has 0 fully saturated rings. The number of carboxylic acids is 1. The minimum absolute atomic E-state index is 0.121. The number of aliphatic carboxylic acids is 1. The molecule has 24 heavy (non-hydrogen) atoms. The molecule has 1 atom stereocenters. The zero-order valence-corrected chi connectivity index (χ0v) is 12.7. The zero-order valence-electron chi connectivity index (χ0n) is 12.7. The van der Waals surface area contributed by atoms with Gasteiger partial charge in [0, 0.05) is 0 Å². The highest BCUT2D eigenvalue weighted by Gasteiger charge is 2.30. The van der Waals surface area contributed by atoms with Crippen molar-refractivity contribution in [3.05, 3.63) is 54.1 Å². The second-order valence-electron chi connectivity index (χ2n) is 5.12. The van der Waals surface area contributed by atoms with E-state index in [0.717, 1.165) is 12.1 Å². The number of alkyl halides is 3. The number of carbonyl (C=O) groups is 1. The van der Waals surface area contributed by atoms with E-state index in [1.807, 2.05) is 0 Å². The molecule has 128 valence electrons. The lowest BCUT2D eigenvalue weighted by Gasteiger charge is -2.13. The van der Waals surface area contributed by atoms with Crippen LogP contribution in [0.2, 0.25) is 0 Å². The summed E-state index contributed by atoms with van der Waals surface area (Å²) in [5, 5.41) is 8.67. The van der Waals surface area contributed by atoms with Gasteiger partial charge < -0.3 is 14.6 Å². The van der Waals surface area contributed by atoms with E-state index in [1.54, 1.807) is 31.2 Å². The summed E-state index contributed by atoms with van der Waals surface area (Å²) in [6.45, 7) is 1.64. The summed E-state index contributed by atoms with van der Waals surface area (Å²) >= 11 is 0. The van der Waals surface area contributed by atoms with Crippen LogP contribution in [0.15, 0.2) is 48.5 Å². The van der Waals surface area contributed by atoms with E-state index in [-0.39, 0.29) is 12.2 Å². The Morgan fingerprint density at radius 2 is 1.46 bits per heavy atom. The van der Waals surface area contributed by atoms with Crippen LogP contribution in [0, 0.1) is 0 Å². The van der Waals surface area contributed by atoms with Crippen molar-refractivity contribution in [1.82, 2.24) is 0 Å². The van der Waals surface area contributed by atoms with E-state index >= 15 is 0 Å². The summed E-state index contributed by atoms with van der Waals surface area (Å²) in [4.78, 5) is 10.6. The number of benzene rings is 2. The lowest BCUT2D eigenvalue weighted by molar-refractivity contribution is -0.139. The van der Waals surface area contributed by atoms with Crippen LogP contribution in [0.4, 0.5) is 13.2 Å². The van der Waals surface area contributed by atoms with Gasteiger partial charge in [-0.05, 0) is 55.5 Å². The fraction of sp³-hybridized carbons (Fsp3) is 0.235. The SMILES string of the molecule is CC(CC(=O)O)Oc1ccc(Oc2ccc(C(F)(F)F)cc2)cc1. The molecular formula is C17H15F3O4. The molecule has 2 aromatic rings. The zero-order chi connectivity index (χ0) is 17.7. The second-order valence-corrected chi connectivity index (χ2v) is 5.12. The first-order chi connectivity index (χ1) is 11.2. The van der Waals surface area contributed by atoms with E-state index in [1.165, 1.54) is 12.1 Å². The molecule has 0 bridgehead atoms. The van der Waals surface area contributed by atoms with Gasteiger partial charge in [-0.3, -0.25) is 4.79 Å². The maximum atomic E-state index is 12.5. The summed E-state index contributed by atoms with van der Waals surface area (Å²) in [6, 6.07) is 10.7. The van der Waals surface area contributed by atoms with E-state index in [2.05, 4.69) is 0 Å². The normalized spacial score (nSPS) is 12.5. The Morgan fingerprint density at radius 1 is 1.00 bits per heavy atom. The largest absolute Gasteiger partial charge is 0.490 e. The van der Waals surface area contributed by atoms with Crippen LogP contribution in [0.25, 0.3) is 0 Å². The molecule has 0 spiro atoms. The molecular weight excluding hydrogens is 325 g/mol. The fourth-order valence-electron chi connectivity index (χ4n) is 1.95. The van der Waals surface area contributed by atoms with Gasteiger partial charge in [0.15, 0.2) is 0 Å². The standard InChI is InChI=1S/C17H15F3O4/c1-11(10-16(21)22)23-13-6-8-15(9-7-13)24-14-4-2-12(3-5-14)17(18,19)20/h2-9,11H,10H2,1H3,(H,21,22). The average Bonchev–Trinajstić information content (AvgIpc) is 2.48. The Hall–Kier alpha value is -2.70. The number of hydrogen-bond donors (Lipinski definition) is 1. The molecule has 0 aromatic heterocycles. The van der Waals surface area contributed by atoms with E-state index in [9.17, 15) is 18.0 Å². The Kier molecular flexibility index (Phi) is 5.33. The van der Waals surface area contributed by atoms with Gasteiger partial charge in [-0.2, -0.15) is 13.2 Å². The molecule has 0 aliphatic heterocycles. The van der Waals surface area contributed by atoms with Gasteiger partial charge in [0.2, 0.25) is 0 Å².